The van der Waals surface area contributed by atoms with Crippen LogP contribution >= 0.6 is 23.1 Å². The molecule has 6 aromatic rings. The van der Waals surface area contributed by atoms with Crippen LogP contribution in [0.25, 0.3) is 22.1 Å². The van der Waals surface area contributed by atoms with E-state index in [4.69, 9.17) is 9.72 Å². The molecule has 4 aliphatic heterocycles. The molecule has 3 aromatic heterocycles. The van der Waals surface area contributed by atoms with E-state index in [0.717, 1.165) is 113 Å². The number of piperidine rings is 3. The average molecular weight is 1060 g/mol. The molecule has 7 heterocycles. The molecule has 11 rings (SSSR count). The molecule has 0 bridgehead atoms. The number of carbonyl (C=O) groups is 2. The number of hydrogen-bond donors (Lipinski definition) is 3. The third-order valence-electron chi connectivity index (χ3n) is 15.6. The number of anilines is 6. The molecule has 1 unspecified atom stereocenters. The molecule has 1 aliphatic carbocycles. The molecule has 72 heavy (non-hydrogen) atoms. The van der Waals surface area contributed by atoms with Crippen molar-refractivity contribution in [2.45, 2.75) is 69.4 Å². The summed E-state index contributed by atoms with van der Waals surface area (Å²) in [4.78, 5) is 67.0. The van der Waals surface area contributed by atoms with Gasteiger partial charge in [-0.1, -0.05) is 6.07 Å². The van der Waals surface area contributed by atoms with Gasteiger partial charge >= 0.3 is 5.69 Å². The van der Waals surface area contributed by atoms with E-state index in [1.807, 2.05) is 24.3 Å². The first-order chi connectivity index (χ1) is 34.8. The van der Waals surface area contributed by atoms with Crippen LogP contribution in [0.2, 0.25) is 0 Å². The third-order valence-corrected chi connectivity index (χ3v) is 17.7. The van der Waals surface area contributed by atoms with Gasteiger partial charge in [-0.25, -0.2) is 9.78 Å². The number of fused-ring (bicyclic) bond motifs is 2. The maximum atomic E-state index is 13.6. The Kier molecular flexibility index (Phi) is 13.3. The van der Waals surface area contributed by atoms with Crippen molar-refractivity contribution in [3.63, 3.8) is 0 Å². The lowest BCUT2D eigenvalue weighted by Crippen LogP contribution is -2.54. The normalized spacial score (nSPS) is 20.1. The van der Waals surface area contributed by atoms with Crippen molar-refractivity contribution in [1.82, 2.24) is 44.2 Å². The van der Waals surface area contributed by atoms with Crippen molar-refractivity contribution in [3.8, 4) is 5.75 Å². The molecule has 0 spiro atoms. The van der Waals surface area contributed by atoms with Gasteiger partial charge in [-0.3, -0.25) is 38.9 Å². The highest BCUT2D eigenvalue weighted by atomic mass is 79.9. The summed E-state index contributed by atoms with van der Waals surface area (Å²) in [6.07, 6.45) is 12.3. The van der Waals surface area contributed by atoms with Gasteiger partial charge in [-0.2, -0.15) is 4.98 Å². The molecule has 378 valence electrons. The molecule has 18 nitrogen and oxygen atoms in total. The van der Waals surface area contributed by atoms with Crippen LogP contribution in [0.1, 0.15) is 68.9 Å². The van der Waals surface area contributed by atoms with Crippen molar-refractivity contribution in [3.05, 3.63) is 81.6 Å². The van der Waals surface area contributed by atoms with Crippen LogP contribution in [0, 0.1) is 5.92 Å². The zero-order valence-corrected chi connectivity index (χ0v) is 43.9. The SMILES string of the molecule is COc1cc(N2CCC(N3CCN(CC4CCN(c5cccc6c5n(C)c(=O)n6C5CCC(=O)NC5=O)CC4)CC3)CC2)c(C2CC2)cc1Nc1ncc(Br)c(Nc2ccc3nccnc3c2P(C)(C)=O)n1. The van der Waals surface area contributed by atoms with Gasteiger partial charge in [0.25, 0.3) is 0 Å². The van der Waals surface area contributed by atoms with Crippen molar-refractivity contribution in [2.75, 3.05) is 99.8 Å². The number of aryl methyl sites for hydroxylation is 1. The number of imidazole rings is 1. The lowest BCUT2D eigenvalue weighted by atomic mass is 9.95. The second-order valence-electron chi connectivity index (χ2n) is 20.6. The fourth-order valence-electron chi connectivity index (χ4n) is 11.7. The van der Waals surface area contributed by atoms with Gasteiger partial charge in [0.1, 0.15) is 30.3 Å². The van der Waals surface area contributed by atoms with Crippen LogP contribution in [-0.2, 0) is 21.2 Å². The molecule has 4 saturated heterocycles. The van der Waals surface area contributed by atoms with Crippen molar-refractivity contribution >= 4 is 96.8 Å². The monoisotopic (exact) mass is 1060 g/mol. The Bertz CT molecular complexity index is 3170. The summed E-state index contributed by atoms with van der Waals surface area (Å²) in [5, 5.41) is 9.92. The quantitative estimate of drug-likeness (QED) is 0.0797. The third kappa shape index (κ3) is 9.60. The minimum Gasteiger partial charge on any atom is -0.494 e. The number of ether oxygens (including phenoxy) is 1. The van der Waals surface area contributed by atoms with Crippen LogP contribution in [-0.4, -0.2) is 136 Å². The van der Waals surface area contributed by atoms with E-state index in [-0.39, 0.29) is 18.0 Å². The Balaban J connectivity index is 0.692. The molecule has 3 N–H and O–H groups in total. The minimum atomic E-state index is -2.78. The number of piperazine rings is 1. The molecule has 5 aliphatic rings. The number of halogens is 1. The summed E-state index contributed by atoms with van der Waals surface area (Å²) >= 11 is 3.63. The first-order valence-corrected chi connectivity index (χ1v) is 28.8. The van der Waals surface area contributed by atoms with E-state index < -0.39 is 19.1 Å². The predicted molar refractivity (Wildman–Crippen MR) is 287 cm³/mol. The highest BCUT2D eigenvalue weighted by molar-refractivity contribution is 9.10. The van der Waals surface area contributed by atoms with Crippen LogP contribution in [0.4, 0.5) is 34.5 Å². The van der Waals surface area contributed by atoms with Gasteiger partial charge in [0.15, 0.2) is 0 Å². The van der Waals surface area contributed by atoms with Gasteiger partial charge in [-0.15, -0.1) is 0 Å². The van der Waals surface area contributed by atoms with E-state index >= 15 is 0 Å². The minimum absolute atomic E-state index is 0.223. The molecule has 1 atom stereocenters. The van der Waals surface area contributed by atoms with E-state index in [2.05, 4.69) is 84.6 Å². The standard InChI is InChI=1S/C52H63BrN13O5P/c1-61-47-40(6-5-7-41(47)66(52(61)69)42-12-13-45(67)59-50(42)68)64-20-14-32(15-21-64)31-62-24-26-63(27-25-62)34-16-22-65(23-17-34)43-29-44(71-2)39(28-35(43)33-8-9-33)58-51-56-30-36(53)49(60-51)57-38-11-10-37-46(55-19-18-54-37)48(38)72(3,4)70/h5-7,10-11,18-19,28-30,32-34,42H,8-9,12-17,20-27,31H2,1-4H3,(H,59,67,68)(H2,56,57,58,60). The number of amides is 2. The molecular formula is C52H63BrN13O5P. The van der Waals surface area contributed by atoms with E-state index in [1.54, 1.807) is 55.2 Å². The summed E-state index contributed by atoms with van der Waals surface area (Å²) < 4.78 is 23.5. The Labute approximate surface area is 427 Å². The van der Waals surface area contributed by atoms with Crippen LogP contribution in [0.15, 0.2) is 70.3 Å². The van der Waals surface area contributed by atoms with E-state index in [9.17, 15) is 18.9 Å². The van der Waals surface area contributed by atoms with Crippen molar-refractivity contribution in [1.29, 1.82) is 0 Å². The molecule has 20 heteroatoms. The van der Waals surface area contributed by atoms with Gasteiger partial charge in [-0.05, 0) is 122 Å². The lowest BCUT2D eigenvalue weighted by molar-refractivity contribution is -0.135. The number of nitrogens with zero attached hydrogens (tertiary/aromatic N) is 10. The first-order valence-electron chi connectivity index (χ1n) is 25.4. The van der Waals surface area contributed by atoms with Crippen LogP contribution in [0.3, 0.4) is 0 Å². The van der Waals surface area contributed by atoms with Crippen LogP contribution < -0.4 is 41.5 Å². The Morgan fingerprint density at radius 1 is 0.819 bits per heavy atom. The van der Waals surface area contributed by atoms with E-state index in [1.165, 1.54) is 24.1 Å². The van der Waals surface area contributed by atoms with Gasteiger partial charge in [0, 0.05) is 109 Å². The fraction of sp³-hybridized carbons (Fsp3) is 0.481. The van der Waals surface area contributed by atoms with Gasteiger partial charge in [0.05, 0.1) is 50.5 Å². The summed E-state index contributed by atoms with van der Waals surface area (Å²) in [6, 6.07) is 14.0. The molecular weight excluding hydrogens is 998 g/mol. The summed E-state index contributed by atoms with van der Waals surface area (Å²) in [5.74, 6) is 2.08. The Morgan fingerprint density at radius 2 is 1.56 bits per heavy atom. The number of nitrogens with one attached hydrogen (secondary N) is 3. The zero-order valence-electron chi connectivity index (χ0n) is 41.4. The van der Waals surface area contributed by atoms with E-state index in [0.29, 0.717) is 62.6 Å². The summed E-state index contributed by atoms with van der Waals surface area (Å²) in [7, 11) is 0.715. The lowest BCUT2D eigenvalue weighted by Gasteiger charge is -2.44. The van der Waals surface area contributed by atoms with Gasteiger partial charge < -0.3 is 34.6 Å². The number of aromatic nitrogens is 6. The number of carbonyl (C=O) groups excluding carboxylic acids is 2. The number of imide groups is 1. The van der Waals surface area contributed by atoms with Crippen molar-refractivity contribution < 1.29 is 18.9 Å². The first kappa shape index (κ1) is 48.4. The Morgan fingerprint density at radius 3 is 2.28 bits per heavy atom. The highest BCUT2D eigenvalue weighted by Crippen LogP contribution is 2.49. The molecule has 3 aromatic carbocycles. The summed E-state index contributed by atoms with van der Waals surface area (Å²) in [6.45, 7) is 12.8. The molecule has 1 saturated carbocycles. The number of benzene rings is 3. The maximum absolute atomic E-state index is 13.6. The number of hydrogen-bond acceptors (Lipinski definition) is 15. The van der Waals surface area contributed by atoms with Gasteiger partial charge in [0.2, 0.25) is 17.8 Å². The van der Waals surface area contributed by atoms with Crippen LogP contribution in [0.5, 0.6) is 5.75 Å². The smallest absolute Gasteiger partial charge is 0.329 e. The number of rotatable bonds is 13. The molecule has 0 radical (unpaired) electrons. The Hall–Kier alpha value is -5.88. The number of methoxy groups -OCH3 is 1. The average Bonchev–Trinajstić information content (AvgIpc) is 4.20. The summed E-state index contributed by atoms with van der Waals surface area (Å²) in [5.41, 5.74) is 7.73. The highest BCUT2D eigenvalue weighted by Gasteiger charge is 2.35. The molecule has 5 fully saturated rings. The maximum Gasteiger partial charge on any atom is 0.329 e. The zero-order chi connectivity index (χ0) is 49.8. The second kappa shape index (κ2) is 19.9. The topological polar surface area (TPSA) is 188 Å². The van der Waals surface area contributed by atoms with Crippen molar-refractivity contribution in [2.24, 2.45) is 13.0 Å². The largest absolute Gasteiger partial charge is 0.494 e. The fourth-order valence-corrected chi connectivity index (χ4v) is 13.4. The second-order valence-corrected chi connectivity index (χ2v) is 24.6. The number of para-hydroxylation sites is 1. The predicted octanol–water partition coefficient (Wildman–Crippen LogP) is 6.94. The molecule has 2 amide bonds.